The van der Waals surface area contributed by atoms with Gasteiger partial charge in [0.15, 0.2) is 0 Å². The van der Waals surface area contributed by atoms with Gasteiger partial charge in [-0.15, -0.1) is 18.1 Å². The molecule has 1 aliphatic heterocycles. The topological polar surface area (TPSA) is 68.2 Å². The predicted molar refractivity (Wildman–Crippen MR) is 88.4 cm³/mol. The first-order chi connectivity index (χ1) is 12.3. The van der Waals surface area contributed by atoms with E-state index in [1.165, 1.54) is 4.90 Å². The number of nitrogens with zero attached hydrogens (tertiary/aromatic N) is 2. The lowest BCUT2D eigenvalue weighted by atomic mass is 9.85. The molecular formula is C17H20F4N2O4. The van der Waals surface area contributed by atoms with Gasteiger partial charge in [-0.1, -0.05) is 0 Å². The van der Waals surface area contributed by atoms with Crippen LogP contribution in [0.15, 0.2) is 23.4 Å². The molecule has 0 unspecified atom stereocenters. The normalized spacial score (nSPS) is 17.4. The van der Waals surface area contributed by atoms with Gasteiger partial charge < -0.3 is 14.4 Å². The monoisotopic (exact) mass is 392 g/mol. The molecule has 1 aromatic rings. The number of halogens is 4. The highest BCUT2D eigenvalue weighted by atomic mass is 19.4. The number of piperidine rings is 1. The number of rotatable bonds is 3. The van der Waals surface area contributed by atoms with E-state index in [1.807, 2.05) is 0 Å². The summed E-state index contributed by atoms with van der Waals surface area (Å²) in [6.07, 6.45) is -5.99. The van der Waals surface area contributed by atoms with E-state index in [9.17, 15) is 22.9 Å². The van der Waals surface area contributed by atoms with Crippen LogP contribution in [0.1, 0.15) is 39.2 Å². The molecule has 1 fully saturated rings. The van der Waals surface area contributed by atoms with E-state index in [4.69, 9.17) is 4.74 Å². The zero-order valence-electron chi connectivity index (χ0n) is 15.1. The third-order valence-corrected chi connectivity index (χ3v) is 3.99. The SMILES string of the molecule is CC(C)(C)OC(=O)N1CCC(F)(c2cc(OC(F)(F)F)ccc2N=O)CC1. The van der Waals surface area contributed by atoms with E-state index in [2.05, 4.69) is 9.91 Å². The summed E-state index contributed by atoms with van der Waals surface area (Å²) in [7, 11) is 0. The highest BCUT2D eigenvalue weighted by molar-refractivity contribution is 5.68. The second kappa shape index (κ2) is 7.32. The van der Waals surface area contributed by atoms with Crippen molar-refractivity contribution in [3.05, 3.63) is 28.7 Å². The number of ether oxygens (including phenoxy) is 2. The highest BCUT2D eigenvalue weighted by Crippen LogP contribution is 2.43. The Balaban J connectivity index is 2.19. The average molecular weight is 392 g/mol. The molecule has 1 aliphatic rings. The minimum atomic E-state index is -4.95. The van der Waals surface area contributed by atoms with Crippen LogP contribution in [-0.2, 0) is 10.4 Å². The van der Waals surface area contributed by atoms with Gasteiger partial charge in [-0.2, -0.15) is 0 Å². The van der Waals surface area contributed by atoms with Crippen molar-refractivity contribution in [3.63, 3.8) is 0 Å². The molecule has 0 aliphatic carbocycles. The molecule has 0 bridgehead atoms. The molecular weight excluding hydrogens is 372 g/mol. The molecule has 1 aromatic carbocycles. The highest BCUT2D eigenvalue weighted by Gasteiger charge is 2.41. The zero-order valence-corrected chi connectivity index (χ0v) is 15.1. The molecule has 1 heterocycles. The molecule has 150 valence electrons. The Bertz CT molecular complexity index is 708. The van der Waals surface area contributed by atoms with Crippen LogP contribution in [0.4, 0.5) is 28.0 Å². The number of alkyl halides is 4. The maximum Gasteiger partial charge on any atom is 0.573 e. The summed E-state index contributed by atoms with van der Waals surface area (Å²) >= 11 is 0. The van der Waals surface area contributed by atoms with Crippen LogP contribution in [0.3, 0.4) is 0 Å². The van der Waals surface area contributed by atoms with E-state index in [1.54, 1.807) is 20.8 Å². The van der Waals surface area contributed by atoms with Crippen LogP contribution in [0, 0.1) is 4.91 Å². The van der Waals surface area contributed by atoms with E-state index < -0.39 is 29.5 Å². The first kappa shape index (κ1) is 20.9. The maximum atomic E-state index is 15.4. The first-order valence-corrected chi connectivity index (χ1v) is 8.23. The van der Waals surface area contributed by atoms with Crippen molar-refractivity contribution < 1.29 is 31.8 Å². The van der Waals surface area contributed by atoms with Gasteiger partial charge >= 0.3 is 12.5 Å². The number of carbonyl (C=O) groups excluding carboxylic acids is 1. The van der Waals surface area contributed by atoms with Gasteiger partial charge in [-0.25, -0.2) is 9.18 Å². The largest absolute Gasteiger partial charge is 0.573 e. The molecule has 0 saturated carbocycles. The molecule has 10 heteroatoms. The van der Waals surface area contributed by atoms with Crippen LogP contribution in [0.25, 0.3) is 0 Å². The van der Waals surface area contributed by atoms with Crippen LogP contribution in [0.5, 0.6) is 5.75 Å². The van der Waals surface area contributed by atoms with Gasteiger partial charge in [-0.05, 0) is 44.1 Å². The smallest absolute Gasteiger partial charge is 0.444 e. The molecule has 0 spiro atoms. The van der Waals surface area contributed by atoms with Crippen molar-refractivity contribution in [2.75, 3.05) is 13.1 Å². The third kappa shape index (κ3) is 5.54. The number of hydrogen-bond donors (Lipinski definition) is 0. The van der Waals surface area contributed by atoms with Crippen LogP contribution < -0.4 is 4.74 Å². The molecule has 1 saturated heterocycles. The van der Waals surface area contributed by atoms with Gasteiger partial charge in [0, 0.05) is 31.5 Å². The number of amides is 1. The van der Waals surface area contributed by atoms with Crippen molar-refractivity contribution in [2.24, 2.45) is 5.18 Å². The van der Waals surface area contributed by atoms with Gasteiger partial charge in [0.2, 0.25) is 0 Å². The average Bonchev–Trinajstić information content (AvgIpc) is 2.52. The number of nitroso groups, excluding NO2 is 1. The van der Waals surface area contributed by atoms with Crippen molar-refractivity contribution in [2.45, 2.75) is 51.2 Å². The Hall–Kier alpha value is -2.39. The minimum absolute atomic E-state index is 0.0198. The molecule has 0 atom stereocenters. The number of likely N-dealkylation sites (tertiary alicyclic amines) is 1. The Kier molecular flexibility index (Phi) is 5.67. The van der Waals surface area contributed by atoms with Gasteiger partial charge in [0.25, 0.3) is 0 Å². The van der Waals surface area contributed by atoms with Gasteiger partial charge in [0.05, 0.1) is 0 Å². The molecule has 0 radical (unpaired) electrons. The van der Waals surface area contributed by atoms with Gasteiger partial charge in [0.1, 0.15) is 22.7 Å². The second-order valence-electron chi connectivity index (χ2n) is 7.25. The maximum absolute atomic E-state index is 15.4. The minimum Gasteiger partial charge on any atom is -0.444 e. The molecule has 1 amide bonds. The number of carbonyl (C=O) groups is 1. The summed E-state index contributed by atoms with van der Waals surface area (Å²) in [4.78, 5) is 24.3. The van der Waals surface area contributed by atoms with E-state index >= 15 is 4.39 Å². The van der Waals surface area contributed by atoms with E-state index in [-0.39, 0.29) is 37.2 Å². The summed E-state index contributed by atoms with van der Waals surface area (Å²) in [6.45, 7) is 5.05. The molecule has 6 nitrogen and oxygen atoms in total. The lowest BCUT2D eigenvalue weighted by Gasteiger charge is -2.37. The fraction of sp³-hybridized carbons (Fsp3) is 0.588. The lowest BCUT2D eigenvalue weighted by Crippen LogP contribution is -2.45. The van der Waals surface area contributed by atoms with Crippen molar-refractivity contribution in [1.29, 1.82) is 0 Å². The standard InChI is InChI=1S/C17H20F4N2O4/c1-15(2,3)27-14(24)23-8-6-16(18,7-9-23)12-10-11(26-17(19,20)21)4-5-13(12)22-25/h4-5,10H,6-9H2,1-3H3. The number of hydrogen-bond acceptors (Lipinski definition) is 5. The third-order valence-electron chi connectivity index (χ3n) is 3.99. The molecule has 27 heavy (non-hydrogen) atoms. The van der Waals surface area contributed by atoms with Crippen LogP contribution in [0.2, 0.25) is 0 Å². The second-order valence-corrected chi connectivity index (χ2v) is 7.25. The van der Waals surface area contributed by atoms with Gasteiger partial charge in [-0.3, -0.25) is 0 Å². The molecule has 0 aromatic heterocycles. The summed E-state index contributed by atoms with van der Waals surface area (Å²) in [5.74, 6) is -0.642. The van der Waals surface area contributed by atoms with E-state index in [0.29, 0.717) is 0 Å². The summed E-state index contributed by atoms with van der Waals surface area (Å²) < 4.78 is 61.7. The van der Waals surface area contributed by atoms with Crippen LogP contribution in [-0.4, -0.2) is 36.0 Å². The van der Waals surface area contributed by atoms with Crippen molar-refractivity contribution >= 4 is 11.8 Å². The predicted octanol–water partition coefficient (Wildman–Crippen LogP) is 5.18. The summed E-state index contributed by atoms with van der Waals surface area (Å²) in [5.41, 5.74) is -3.42. The van der Waals surface area contributed by atoms with Crippen molar-refractivity contribution in [3.8, 4) is 5.75 Å². The quantitative estimate of drug-likeness (QED) is 0.525. The Morgan fingerprint density at radius 1 is 1.19 bits per heavy atom. The van der Waals surface area contributed by atoms with Crippen LogP contribution >= 0.6 is 0 Å². The summed E-state index contributed by atoms with van der Waals surface area (Å²) in [5, 5.41) is 2.70. The Morgan fingerprint density at radius 2 is 1.78 bits per heavy atom. The first-order valence-electron chi connectivity index (χ1n) is 8.23. The van der Waals surface area contributed by atoms with E-state index in [0.717, 1.165) is 18.2 Å². The fourth-order valence-electron chi connectivity index (χ4n) is 2.79. The Labute approximate surface area is 153 Å². The fourth-order valence-corrected chi connectivity index (χ4v) is 2.79. The zero-order chi connectivity index (χ0) is 20.5. The summed E-state index contributed by atoms with van der Waals surface area (Å²) in [6, 6.07) is 2.70. The van der Waals surface area contributed by atoms with Crippen molar-refractivity contribution in [1.82, 2.24) is 4.90 Å². The molecule has 0 N–H and O–H groups in total. The molecule has 2 rings (SSSR count). The lowest BCUT2D eigenvalue weighted by molar-refractivity contribution is -0.274. The Morgan fingerprint density at radius 3 is 2.26 bits per heavy atom. The number of benzene rings is 1.